The van der Waals surface area contributed by atoms with Gasteiger partial charge in [0.05, 0.1) is 0 Å². The fraction of sp³-hybridized carbons (Fsp3) is 0.0769. The Balaban J connectivity index is 1.53. The second-order valence-corrected chi connectivity index (χ2v) is 8.06. The number of carbonyl (C=O) groups excluding carboxylic acids is 2. The number of hydrogen-bond acceptors (Lipinski definition) is 5. The fourth-order valence-electron chi connectivity index (χ4n) is 3.36. The van der Waals surface area contributed by atoms with Gasteiger partial charge in [0.15, 0.2) is 0 Å². The average molecular weight is 477 g/mol. The van der Waals surface area contributed by atoms with E-state index in [-0.39, 0.29) is 24.9 Å². The monoisotopic (exact) mass is 476 g/mol. The van der Waals surface area contributed by atoms with Gasteiger partial charge in [-0.1, -0.05) is 24.3 Å². The highest BCUT2D eigenvalue weighted by Crippen LogP contribution is 2.33. The Kier molecular flexibility index (Phi) is 7.19. The molecule has 34 heavy (non-hydrogen) atoms. The highest BCUT2D eigenvalue weighted by Gasteiger charge is 2.14. The molecule has 0 atom stereocenters. The first kappa shape index (κ1) is 23.0. The summed E-state index contributed by atoms with van der Waals surface area (Å²) >= 11 is 1.53. The standard InChI is InChI=1S/C26H21FN2O4S/c27-21-7-4-17(5-8-21)18-2-1-3-22(14-18)29-25(30)19-6-9-24(32-11-12-33-26(28)31)23(15-19)20-10-13-34-16-20/h1-10,13-16H,11-12H2,(H2,28,31)(H,29,30). The maximum Gasteiger partial charge on any atom is 0.404 e. The lowest BCUT2D eigenvalue weighted by Crippen LogP contribution is -2.17. The van der Waals surface area contributed by atoms with Crippen LogP contribution >= 0.6 is 11.3 Å². The Morgan fingerprint density at radius 3 is 2.47 bits per heavy atom. The lowest BCUT2D eigenvalue weighted by atomic mass is 10.0. The number of nitrogens with one attached hydrogen (secondary N) is 1. The van der Waals surface area contributed by atoms with Gasteiger partial charge in [0.2, 0.25) is 0 Å². The van der Waals surface area contributed by atoms with Crippen molar-refractivity contribution in [3.63, 3.8) is 0 Å². The van der Waals surface area contributed by atoms with Gasteiger partial charge in [0.25, 0.3) is 5.91 Å². The van der Waals surface area contributed by atoms with Gasteiger partial charge in [-0.15, -0.1) is 0 Å². The van der Waals surface area contributed by atoms with Crippen molar-refractivity contribution >= 4 is 29.0 Å². The van der Waals surface area contributed by atoms with Crippen molar-refractivity contribution in [3.8, 4) is 28.0 Å². The Morgan fingerprint density at radius 1 is 0.912 bits per heavy atom. The molecule has 0 bridgehead atoms. The molecule has 3 aromatic carbocycles. The molecule has 4 aromatic rings. The quantitative estimate of drug-likeness (QED) is 0.308. The Labute approximate surface area is 199 Å². The lowest BCUT2D eigenvalue weighted by molar-refractivity contribution is 0.102. The minimum atomic E-state index is -0.864. The first-order valence-electron chi connectivity index (χ1n) is 10.4. The van der Waals surface area contributed by atoms with Crippen LogP contribution in [0.3, 0.4) is 0 Å². The van der Waals surface area contributed by atoms with Gasteiger partial charge in [-0.2, -0.15) is 11.3 Å². The van der Waals surface area contributed by atoms with Crippen LogP contribution in [0.2, 0.25) is 0 Å². The van der Waals surface area contributed by atoms with Crippen LogP contribution in [0.25, 0.3) is 22.3 Å². The molecular formula is C26H21FN2O4S. The molecule has 0 fully saturated rings. The first-order valence-corrected chi connectivity index (χ1v) is 11.3. The average Bonchev–Trinajstić information content (AvgIpc) is 3.37. The molecule has 0 aliphatic rings. The largest absolute Gasteiger partial charge is 0.489 e. The van der Waals surface area contributed by atoms with Gasteiger partial charge in [-0.25, -0.2) is 9.18 Å². The summed E-state index contributed by atoms with van der Waals surface area (Å²) in [5.74, 6) is -0.0277. The lowest BCUT2D eigenvalue weighted by Gasteiger charge is -2.13. The summed E-state index contributed by atoms with van der Waals surface area (Å²) in [6.07, 6.45) is -0.864. The van der Waals surface area contributed by atoms with Crippen LogP contribution in [0.4, 0.5) is 14.9 Å². The third-order valence-electron chi connectivity index (χ3n) is 4.96. The second-order valence-electron chi connectivity index (χ2n) is 7.28. The number of thiophene rings is 1. The maximum atomic E-state index is 13.2. The van der Waals surface area contributed by atoms with Crippen LogP contribution < -0.4 is 15.8 Å². The molecule has 1 heterocycles. The van der Waals surface area contributed by atoms with Crippen LogP contribution in [0, 0.1) is 5.82 Å². The van der Waals surface area contributed by atoms with Crippen molar-refractivity contribution in [2.75, 3.05) is 18.5 Å². The molecule has 172 valence electrons. The maximum absolute atomic E-state index is 13.2. The van der Waals surface area contributed by atoms with Gasteiger partial charge in [0, 0.05) is 16.8 Å². The Hall–Kier alpha value is -4.17. The Bertz CT molecular complexity index is 1290. The number of carbonyl (C=O) groups is 2. The SMILES string of the molecule is NC(=O)OCCOc1ccc(C(=O)Nc2cccc(-c3ccc(F)cc3)c2)cc1-c1ccsc1. The summed E-state index contributed by atoms with van der Waals surface area (Å²) < 4.78 is 23.7. The van der Waals surface area contributed by atoms with Crippen molar-refractivity contribution in [2.24, 2.45) is 5.73 Å². The van der Waals surface area contributed by atoms with Gasteiger partial charge < -0.3 is 20.5 Å². The van der Waals surface area contributed by atoms with E-state index in [0.717, 1.165) is 22.3 Å². The predicted molar refractivity (Wildman–Crippen MR) is 131 cm³/mol. The topological polar surface area (TPSA) is 90.7 Å². The summed E-state index contributed by atoms with van der Waals surface area (Å²) in [6, 6.07) is 20.6. The third kappa shape index (κ3) is 5.79. The summed E-state index contributed by atoms with van der Waals surface area (Å²) in [4.78, 5) is 23.7. The number of hydrogen-bond donors (Lipinski definition) is 2. The van der Waals surface area contributed by atoms with Gasteiger partial charge in [-0.05, 0) is 76.0 Å². The number of anilines is 1. The highest BCUT2D eigenvalue weighted by atomic mass is 32.1. The molecule has 2 amide bonds. The highest BCUT2D eigenvalue weighted by molar-refractivity contribution is 7.08. The van der Waals surface area contributed by atoms with Gasteiger partial charge in [-0.3, -0.25) is 4.79 Å². The molecule has 0 aliphatic carbocycles. The number of nitrogens with two attached hydrogens (primary N) is 1. The number of halogens is 1. The molecule has 0 spiro atoms. The zero-order valence-corrected chi connectivity index (χ0v) is 18.8. The van der Waals surface area contributed by atoms with Crippen LogP contribution in [-0.4, -0.2) is 25.2 Å². The smallest absolute Gasteiger partial charge is 0.404 e. The molecule has 0 saturated carbocycles. The van der Waals surface area contributed by atoms with Gasteiger partial charge in [0.1, 0.15) is 24.8 Å². The molecule has 4 rings (SSSR count). The van der Waals surface area contributed by atoms with Crippen LogP contribution in [0.5, 0.6) is 5.75 Å². The summed E-state index contributed by atoms with van der Waals surface area (Å²) in [5.41, 5.74) is 9.40. The number of rotatable bonds is 8. The molecular weight excluding hydrogens is 455 g/mol. The third-order valence-corrected chi connectivity index (χ3v) is 5.64. The van der Waals surface area contributed by atoms with E-state index in [9.17, 15) is 14.0 Å². The van der Waals surface area contributed by atoms with Crippen LogP contribution in [0.15, 0.2) is 83.6 Å². The predicted octanol–water partition coefficient (Wildman–Crippen LogP) is 5.95. The van der Waals surface area contributed by atoms with E-state index in [1.807, 2.05) is 35.0 Å². The second kappa shape index (κ2) is 10.6. The van der Waals surface area contributed by atoms with E-state index in [1.54, 1.807) is 36.4 Å². The van der Waals surface area contributed by atoms with Crippen LogP contribution in [0.1, 0.15) is 10.4 Å². The molecule has 6 nitrogen and oxygen atoms in total. The molecule has 1 aromatic heterocycles. The fourth-order valence-corrected chi connectivity index (χ4v) is 4.01. The van der Waals surface area contributed by atoms with Crippen molar-refractivity contribution in [1.82, 2.24) is 0 Å². The van der Waals surface area contributed by atoms with Crippen molar-refractivity contribution in [2.45, 2.75) is 0 Å². The van der Waals surface area contributed by atoms with E-state index in [0.29, 0.717) is 17.0 Å². The zero-order chi connectivity index (χ0) is 23.9. The van der Waals surface area contributed by atoms with E-state index in [4.69, 9.17) is 15.2 Å². The van der Waals surface area contributed by atoms with Crippen molar-refractivity contribution < 1.29 is 23.5 Å². The summed E-state index contributed by atoms with van der Waals surface area (Å²) in [7, 11) is 0. The number of amides is 2. The summed E-state index contributed by atoms with van der Waals surface area (Å²) in [6.45, 7) is 0.146. The first-order chi connectivity index (χ1) is 16.5. The summed E-state index contributed by atoms with van der Waals surface area (Å²) in [5, 5.41) is 6.80. The normalized spacial score (nSPS) is 10.5. The van der Waals surface area contributed by atoms with E-state index >= 15 is 0 Å². The Morgan fingerprint density at radius 2 is 1.74 bits per heavy atom. The molecule has 0 unspecified atom stereocenters. The van der Waals surface area contributed by atoms with E-state index in [2.05, 4.69) is 5.32 Å². The van der Waals surface area contributed by atoms with E-state index in [1.165, 1.54) is 23.5 Å². The molecule has 0 saturated heterocycles. The number of benzene rings is 3. The van der Waals surface area contributed by atoms with Crippen molar-refractivity contribution in [1.29, 1.82) is 0 Å². The number of primary amides is 1. The minimum Gasteiger partial charge on any atom is -0.489 e. The van der Waals surface area contributed by atoms with Crippen molar-refractivity contribution in [3.05, 3.63) is 94.9 Å². The molecule has 3 N–H and O–H groups in total. The molecule has 0 radical (unpaired) electrons. The van der Waals surface area contributed by atoms with E-state index < -0.39 is 6.09 Å². The minimum absolute atomic E-state index is 0.0189. The van der Waals surface area contributed by atoms with Gasteiger partial charge >= 0.3 is 6.09 Å². The zero-order valence-electron chi connectivity index (χ0n) is 18.0. The molecule has 8 heteroatoms. The van der Waals surface area contributed by atoms with Crippen LogP contribution in [-0.2, 0) is 4.74 Å². The molecule has 0 aliphatic heterocycles. The number of ether oxygens (including phenoxy) is 2.